The van der Waals surface area contributed by atoms with Crippen LogP contribution in [0.2, 0.25) is 0 Å². The van der Waals surface area contributed by atoms with Crippen molar-refractivity contribution in [1.29, 1.82) is 0 Å². The SMILES string of the molecule is CC[C@@H](C)c1cc2c(c([C@@H](C)CC)c1)OCCOCCOc1cc(C(=O)c3ccc4c(c3)OCCOCCOc3cc([C@@H](C)CC)cc([C@H](C)CC)c3OCCOCCO4)ccc1OCCOCCO2. The van der Waals surface area contributed by atoms with Crippen molar-refractivity contribution < 1.29 is 61.6 Å². The minimum absolute atomic E-state index is 0.223. The van der Waals surface area contributed by atoms with Crippen LogP contribution in [-0.2, 0) is 18.9 Å². The summed E-state index contributed by atoms with van der Waals surface area (Å²) in [6, 6.07) is 19.1. The number of carbonyl (C=O) groups excluding carboxylic acids is 1. The second kappa shape index (κ2) is 28.6. The van der Waals surface area contributed by atoms with Crippen LogP contribution >= 0.6 is 0 Å². The fourth-order valence-corrected chi connectivity index (χ4v) is 8.03. The molecule has 0 unspecified atom stereocenters. The molecule has 70 heavy (non-hydrogen) atoms. The summed E-state index contributed by atoms with van der Waals surface area (Å²) in [5.74, 6) is 5.89. The number of fused-ring (bicyclic) bond motifs is 4. The average Bonchev–Trinajstić information content (AvgIpc) is 3.38. The summed E-state index contributed by atoms with van der Waals surface area (Å²) in [6.45, 7) is 22.7. The second-order valence-corrected chi connectivity index (χ2v) is 18.0. The molecule has 0 amide bonds. The molecule has 4 aromatic carbocycles. The van der Waals surface area contributed by atoms with Gasteiger partial charge < -0.3 is 56.8 Å². The summed E-state index contributed by atoms with van der Waals surface area (Å²) >= 11 is 0. The van der Waals surface area contributed by atoms with E-state index in [0.717, 1.165) is 59.8 Å². The summed E-state index contributed by atoms with van der Waals surface area (Å²) in [4.78, 5) is 14.1. The molecule has 2 heterocycles. The van der Waals surface area contributed by atoms with Crippen molar-refractivity contribution in [1.82, 2.24) is 0 Å². The summed E-state index contributed by atoms with van der Waals surface area (Å²) < 4.78 is 74.0. The van der Waals surface area contributed by atoms with Crippen LogP contribution in [0.5, 0.6) is 46.0 Å². The van der Waals surface area contributed by atoms with Gasteiger partial charge in [-0.15, -0.1) is 0 Å². The standard InChI is InChI=1S/C57H78O13/c1-9-39(5)45-34-48(42(8)12-4)57-53(37-45)67-29-21-59-17-25-63-49-15-13-44(36-52(49)66-28-20-62-24-32-70-57)55(58)43-14-16-50-51(35-43)65-27-19-60-22-30-68-54-38-46(40(6)10-2)33-47(41(7)11-3)56(54)69-31-23-61-18-26-64-50/h13-16,33-42H,9-12,17-32H2,1-8H3/t39-,40+,41-,42+/m1/s1. The van der Waals surface area contributed by atoms with Crippen molar-refractivity contribution >= 4 is 5.78 Å². The van der Waals surface area contributed by atoms with E-state index in [0.29, 0.717) is 131 Å². The molecule has 0 saturated carbocycles. The topological polar surface area (TPSA) is 128 Å². The first-order valence-corrected chi connectivity index (χ1v) is 25.7. The summed E-state index contributed by atoms with van der Waals surface area (Å²) in [7, 11) is 0. The van der Waals surface area contributed by atoms with E-state index in [2.05, 4.69) is 79.7 Å². The quantitative estimate of drug-likeness (QED) is 0.140. The smallest absolute Gasteiger partial charge is 0.193 e. The van der Waals surface area contributed by atoms with E-state index in [1.165, 1.54) is 11.1 Å². The number of hydrogen-bond donors (Lipinski definition) is 0. The predicted molar refractivity (Wildman–Crippen MR) is 271 cm³/mol. The molecule has 13 nitrogen and oxygen atoms in total. The number of ether oxygens (including phenoxy) is 12. The maximum absolute atomic E-state index is 14.1. The highest BCUT2D eigenvalue weighted by atomic mass is 16.6. The fraction of sp³-hybridized carbons (Fsp3) is 0.561. The van der Waals surface area contributed by atoms with Gasteiger partial charge in [-0.2, -0.15) is 0 Å². The maximum Gasteiger partial charge on any atom is 0.193 e. The van der Waals surface area contributed by atoms with E-state index in [1.54, 1.807) is 36.4 Å². The predicted octanol–water partition coefficient (Wildman–Crippen LogP) is 11.5. The highest BCUT2D eigenvalue weighted by Crippen LogP contribution is 2.42. The molecule has 2 aliphatic heterocycles. The minimum Gasteiger partial charge on any atom is -0.487 e. The minimum atomic E-state index is -0.230. The van der Waals surface area contributed by atoms with Crippen LogP contribution in [0.15, 0.2) is 60.7 Å². The van der Waals surface area contributed by atoms with Gasteiger partial charge in [-0.1, -0.05) is 67.5 Å². The molecule has 4 atom stereocenters. The molecule has 0 radical (unpaired) electrons. The van der Waals surface area contributed by atoms with E-state index in [-0.39, 0.29) is 38.1 Å². The van der Waals surface area contributed by atoms with Gasteiger partial charge in [-0.05, 0) is 109 Å². The Kier molecular flexibility index (Phi) is 22.1. The fourth-order valence-electron chi connectivity index (χ4n) is 8.03. The van der Waals surface area contributed by atoms with E-state index in [1.807, 2.05) is 0 Å². The molecule has 0 saturated heterocycles. The molecule has 0 fully saturated rings. The van der Waals surface area contributed by atoms with Gasteiger partial charge in [0.25, 0.3) is 0 Å². The Balaban J connectivity index is 1.10. The van der Waals surface area contributed by atoms with Gasteiger partial charge in [0, 0.05) is 22.3 Å². The van der Waals surface area contributed by atoms with Crippen molar-refractivity contribution in [3.8, 4) is 46.0 Å². The van der Waals surface area contributed by atoms with Crippen molar-refractivity contribution in [2.24, 2.45) is 0 Å². The average molecular weight is 971 g/mol. The molecule has 384 valence electrons. The lowest BCUT2D eigenvalue weighted by Gasteiger charge is -2.23. The lowest BCUT2D eigenvalue weighted by molar-refractivity contribution is 0.0636. The lowest BCUT2D eigenvalue weighted by Crippen LogP contribution is -2.17. The molecule has 13 heteroatoms. The zero-order valence-electron chi connectivity index (χ0n) is 43.0. The Morgan fingerprint density at radius 2 is 0.657 bits per heavy atom. The van der Waals surface area contributed by atoms with Crippen molar-refractivity contribution in [3.63, 3.8) is 0 Å². The van der Waals surface area contributed by atoms with Gasteiger partial charge in [0.1, 0.15) is 52.9 Å². The molecular weight excluding hydrogens is 893 g/mol. The van der Waals surface area contributed by atoms with Crippen LogP contribution in [0.25, 0.3) is 0 Å². The largest absolute Gasteiger partial charge is 0.487 e. The maximum atomic E-state index is 14.1. The zero-order valence-corrected chi connectivity index (χ0v) is 43.0. The van der Waals surface area contributed by atoms with Crippen LogP contribution in [0, 0.1) is 0 Å². The third kappa shape index (κ3) is 15.4. The Morgan fingerprint density at radius 3 is 0.986 bits per heavy atom. The second-order valence-electron chi connectivity index (χ2n) is 18.0. The molecule has 0 N–H and O–H groups in total. The lowest BCUT2D eigenvalue weighted by atomic mass is 9.90. The third-order valence-corrected chi connectivity index (χ3v) is 13.1. The van der Waals surface area contributed by atoms with E-state index in [4.69, 9.17) is 56.8 Å². The molecule has 0 aromatic heterocycles. The Morgan fingerprint density at radius 1 is 0.357 bits per heavy atom. The zero-order chi connectivity index (χ0) is 49.7. The Hall–Kier alpha value is -5.21. The number of carbonyl (C=O) groups is 1. The Bertz CT molecular complexity index is 2230. The summed E-state index contributed by atoms with van der Waals surface area (Å²) in [5, 5.41) is 0. The van der Waals surface area contributed by atoms with E-state index >= 15 is 0 Å². The van der Waals surface area contributed by atoms with Gasteiger partial charge in [0.05, 0.1) is 52.9 Å². The first-order valence-electron chi connectivity index (χ1n) is 25.7. The first kappa shape index (κ1) is 54.1. The number of benzene rings is 4. The van der Waals surface area contributed by atoms with Crippen LogP contribution in [0.4, 0.5) is 0 Å². The highest BCUT2D eigenvalue weighted by Gasteiger charge is 2.23. The van der Waals surface area contributed by atoms with Gasteiger partial charge in [0.15, 0.2) is 51.8 Å². The molecule has 6 rings (SSSR count). The number of hydrogen-bond acceptors (Lipinski definition) is 13. The normalized spacial score (nSPS) is 17.8. The number of ketones is 1. The highest BCUT2D eigenvalue weighted by molar-refractivity contribution is 6.09. The van der Waals surface area contributed by atoms with Gasteiger partial charge in [0.2, 0.25) is 0 Å². The molecule has 0 aliphatic carbocycles. The third-order valence-electron chi connectivity index (χ3n) is 13.1. The van der Waals surface area contributed by atoms with Gasteiger partial charge >= 0.3 is 0 Å². The van der Waals surface area contributed by atoms with Gasteiger partial charge in [-0.25, -0.2) is 0 Å². The molecule has 0 spiro atoms. The number of rotatable bonds is 10. The van der Waals surface area contributed by atoms with Crippen LogP contribution in [0.1, 0.15) is 143 Å². The van der Waals surface area contributed by atoms with Crippen molar-refractivity contribution in [3.05, 3.63) is 94.0 Å². The van der Waals surface area contributed by atoms with Crippen LogP contribution in [-0.4, -0.2) is 111 Å². The Labute approximate surface area is 416 Å². The van der Waals surface area contributed by atoms with E-state index in [9.17, 15) is 4.79 Å². The van der Waals surface area contributed by atoms with Gasteiger partial charge in [-0.3, -0.25) is 4.79 Å². The summed E-state index contributed by atoms with van der Waals surface area (Å²) in [6.07, 6.45) is 3.99. The van der Waals surface area contributed by atoms with Crippen molar-refractivity contribution in [2.75, 3.05) is 106 Å². The molecule has 0 bridgehead atoms. The van der Waals surface area contributed by atoms with E-state index < -0.39 is 0 Å². The summed E-state index contributed by atoms with van der Waals surface area (Å²) in [5.41, 5.74) is 5.58. The molecule has 2 aliphatic rings. The van der Waals surface area contributed by atoms with Crippen LogP contribution in [0.3, 0.4) is 0 Å². The molecular formula is C57H78O13. The van der Waals surface area contributed by atoms with Crippen molar-refractivity contribution in [2.45, 2.75) is 105 Å². The van der Waals surface area contributed by atoms with Crippen LogP contribution < -0.4 is 37.9 Å². The molecule has 4 aromatic rings. The monoisotopic (exact) mass is 971 g/mol. The first-order chi connectivity index (χ1) is 34.1.